The van der Waals surface area contributed by atoms with Gasteiger partial charge in [0, 0.05) is 23.3 Å². The number of likely N-dealkylation sites (tertiary alicyclic amines) is 1. The monoisotopic (exact) mass is 377 g/mol. The molecule has 0 bridgehead atoms. The summed E-state index contributed by atoms with van der Waals surface area (Å²) in [5.74, 6) is -1.03. The van der Waals surface area contributed by atoms with Gasteiger partial charge in [-0.15, -0.1) is 0 Å². The van der Waals surface area contributed by atoms with Crippen LogP contribution in [0.25, 0.3) is 5.69 Å². The number of hydrogen-bond acceptors (Lipinski definition) is 3. The summed E-state index contributed by atoms with van der Waals surface area (Å²) in [4.78, 5) is 25.2. The van der Waals surface area contributed by atoms with E-state index in [1.165, 1.54) is 6.20 Å². The second-order valence-electron chi connectivity index (χ2n) is 5.54. The summed E-state index contributed by atoms with van der Waals surface area (Å²) < 4.78 is 2.61. The molecule has 0 saturated carbocycles. The van der Waals surface area contributed by atoms with Gasteiger partial charge >= 0.3 is 5.97 Å². The van der Waals surface area contributed by atoms with Crippen LogP contribution in [0.5, 0.6) is 0 Å². The van der Waals surface area contributed by atoms with Crippen LogP contribution in [0.1, 0.15) is 29.6 Å². The van der Waals surface area contributed by atoms with Crippen molar-refractivity contribution < 1.29 is 14.7 Å². The van der Waals surface area contributed by atoms with Crippen LogP contribution >= 0.6 is 15.9 Å². The van der Waals surface area contributed by atoms with Gasteiger partial charge in [-0.1, -0.05) is 15.9 Å². The van der Waals surface area contributed by atoms with Crippen molar-refractivity contribution in [2.75, 3.05) is 6.54 Å². The maximum absolute atomic E-state index is 12.6. The molecule has 0 radical (unpaired) electrons. The maximum Gasteiger partial charge on any atom is 0.305 e. The van der Waals surface area contributed by atoms with Gasteiger partial charge in [-0.05, 0) is 37.1 Å². The minimum absolute atomic E-state index is 0.00735. The predicted octanol–water partition coefficient (Wildman–Crippen LogP) is 2.71. The smallest absolute Gasteiger partial charge is 0.305 e. The molecule has 2 heterocycles. The maximum atomic E-state index is 12.6. The van der Waals surface area contributed by atoms with E-state index in [0.29, 0.717) is 12.1 Å². The average molecular weight is 378 g/mol. The highest BCUT2D eigenvalue weighted by atomic mass is 79.9. The summed E-state index contributed by atoms with van der Waals surface area (Å²) in [6, 6.07) is 7.38. The Balaban J connectivity index is 1.78. The molecule has 1 aromatic heterocycles. The van der Waals surface area contributed by atoms with Gasteiger partial charge in [-0.3, -0.25) is 9.59 Å². The third kappa shape index (κ3) is 3.44. The molecule has 3 rings (SSSR count). The third-order valence-corrected chi connectivity index (χ3v) is 4.50. The van der Waals surface area contributed by atoms with Gasteiger partial charge < -0.3 is 10.0 Å². The Hall–Kier alpha value is -2.15. The van der Waals surface area contributed by atoms with Crippen LogP contribution in [0.4, 0.5) is 0 Å². The fourth-order valence-corrected chi connectivity index (χ4v) is 3.12. The molecule has 7 heteroatoms. The largest absolute Gasteiger partial charge is 0.481 e. The van der Waals surface area contributed by atoms with Crippen molar-refractivity contribution in [1.82, 2.24) is 14.7 Å². The number of halogens is 1. The molecule has 120 valence electrons. The zero-order valence-corrected chi connectivity index (χ0v) is 13.9. The summed E-state index contributed by atoms with van der Waals surface area (Å²) in [5.41, 5.74) is 1.33. The number of nitrogens with zero attached hydrogens (tertiary/aromatic N) is 3. The van der Waals surface area contributed by atoms with Crippen molar-refractivity contribution in [2.24, 2.45) is 0 Å². The van der Waals surface area contributed by atoms with Crippen molar-refractivity contribution in [3.8, 4) is 5.69 Å². The molecule has 0 spiro atoms. The topological polar surface area (TPSA) is 75.4 Å². The zero-order chi connectivity index (χ0) is 16.4. The Morgan fingerprint density at radius 2 is 2.04 bits per heavy atom. The lowest BCUT2D eigenvalue weighted by Crippen LogP contribution is -2.36. The molecule has 6 nitrogen and oxygen atoms in total. The van der Waals surface area contributed by atoms with Crippen LogP contribution in [0, 0.1) is 0 Å². The summed E-state index contributed by atoms with van der Waals surface area (Å²) in [5, 5.41) is 13.2. The first-order valence-corrected chi connectivity index (χ1v) is 8.17. The quantitative estimate of drug-likeness (QED) is 0.888. The van der Waals surface area contributed by atoms with Gasteiger partial charge in [0.05, 0.1) is 23.9 Å². The molecule has 1 atom stereocenters. The number of benzene rings is 1. The fourth-order valence-electron chi connectivity index (χ4n) is 2.85. The average Bonchev–Trinajstić information content (AvgIpc) is 3.16. The van der Waals surface area contributed by atoms with Gasteiger partial charge in [-0.2, -0.15) is 5.10 Å². The summed E-state index contributed by atoms with van der Waals surface area (Å²) >= 11 is 3.38. The van der Waals surface area contributed by atoms with E-state index in [0.717, 1.165) is 23.0 Å². The normalized spacial score (nSPS) is 17.4. The van der Waals surface area contributed by atoms with E-state index in [-0.39, 0.29) is 18.4 Å². The molecule has 1 aromatic carbocycles. The zero-order valence-electron chi connectivity index (χ0n) is 12.4. The van der Waals surface area contributed by atoms with E-state index in [4.69, 9.17) is 5.11 Å². The van der Waals surface area contributed by atoms with Crippen LogP contribution < -0.4 is 0 Å². The Labute approximate surface area is 141 Å². The van der Waals surface area contributed by atoms with Crippen molar-refractivity contribution in [3.63, 3.8) is 0 Å². The summed E-state index contributed by atoms with van der Waals surface area (Å²) in [6.45, 7) is 0.597. The minimum atomic E-state index is -0.875. The van der Waals surface area contributed by atoms with E-state index < -0.39 is 5.97 Å². The molecule has 1 fully saturated rings. The Bertz CT molecular complexity index is 726. The van der Waals surface area contributed by atoms with Gasteiger partial charge in [-0.25, -0.2) is 4.68 Å². The van der Waals surface area contributed by atoms with Gasteiger partial charge in [0.25, 0.3) is 5.91 Å². The Morgan fingerprint density at radius 1 is 1.30 bits per heavy atom. The molecular weight excluding hydrogens is 362 g/mol. The van der Waals surface area contributed by atoms with Crippen molar-refractivity contribution >= 4 is 27.8 Å². The number of carbonyl (C=O) groups excluding carboxylic acids is 1. The number of rotatable bonds is 4. The predicted molar refractivity (Wildman–Crippen MR) is 87.6 cm³/mol. The number of carboxylic acids is 1. The number of carboxylic acid groups (broad SMARTS) is 1. The number of carbonyl (C=O) groups is 2. The second kappa shape index (κ2) is 6.54. The standard InChI is InChI=1S/C16H16BrN3O3/c17-12-3-5-13(6-4-12)20-10-11(9-18-20)16(23)19-7-1-2-14(19)8-15(21)22/h3-6,9-10,14H,1-2,7-8H2,(H,21,22). The number of amides is 1. The molecule has 1 amide bonds. The van der Waals surface area contributed by atoms with Gasteiger partial charge in [0.2, 0.25) is 0 Å². The second-order valence-corrected chi connectivity index (χ2v) is 6.46. The van der Waals surface area contributed by atoms with E-state index in [9.17, 15) is 9.59 Å². The molecule has 1 N–H and O–H groups in total. The highest BCUT2D eigenvalue weighted by molar-refractivity contribution is 9.10. The molecule has 2 aromatic rings. The Kier molecular flexibility index (Phi) is 4.47. The van der Waals surface area contributed by atoms with Crippen LogP contribution in [0.3, 0.4) is 0 Å². The van der Waals surface area contributed by atoms with Crippen molar-refractivity contribution in [2.45, 2.75) is 25.3 Å². The van der Waals surface area contributed by atoms with Crippen LogP contribution in [-0.4, -0.2) is 44.3 Å². The lowest BCUT2D eigenvalue weighted by atomic mass is 10.1. The molecule has 1 saturated heterocycles. The molecule has 1 unspecified atom stereocenters. The lowest BCUT2D eigenvalue weighted by molar-refractivity contribution is -0.137. The highest BCUT2D eigenvalue weighted by Gasteiger charge is 2.31. The van der Waals surface area contributed by atoms with E-state index in [2.05, 4.69) is 21.0 Å². The molecule has 0 aliphatic carbocycles. The molecule has 23 heavy (non-hydrogen) atoms. The molecule has 1 aliphatic rings. The first kappa shape index (κ1) is 15.7. The van der Waals surface area contributed by atoms with E-state index in [1.54, 1.807) is 15.8 Å². The van der Waals surface area contributed by atoms with Crippen LogP contribution in [-0.2, 0) is 4.79 Å². The first-order chi connectivity index (χ1) is 11.0. The van der Waals surface area contributed by atoms with E-state index >= 15 is 0 Å². The van der Waals surface area contributed by atoms with Gasteiger partial charge in [0.15, 0.2) is 0 Å². The van der Waals surface area contributed by atoms with Gasteiger partial charge in [0.1, 0.15) is 0 Å². The fraction of sp³-hybridized carbons (Fsp3) is 0.312. The SMILES string of the molecule is O=C(O)CC1CCCN1C(=O)c1cnn(-c2ccc(Br)cc2)c1. The van der Waals surface area contributed by atoms with E-state index in [1.807, 2.05) is 24.3 Å². The van der Waals surface area contributed by atoms with Crippen LogP contribution in [0.2, 0.25) is 0 Å². The number of aromatic nitrogens is 2. The molecule has 1 aliphatic heterocycles. The first-order valence-electron chi connectivity index (χ1n) is 7.38. The lowest BCUT2D eigenvalue weighted by Gasteiger charge is -2.22. The van der Waals surface area contributed by atoms with Crippen LogP contribution in [0.15, 0.2) is 41.1 Å². The number of hydrogen-bond donors (Lipinski definition) is 1. The molecular formula is C16H16BrN3O3. The number of aliphatic carboxylic acids is 1. The summed E-state index contributed by atoms with van der Waals surface area (Å²) in [6.07, 6.45) is 4.78. The summed E-state index contributed by atoms with van der Waals surface area (Å²) in [7, 11) is 0. The highest BCUT2D eigenvalue weighted by Crippen LogP contribution is 2.23. The Morgan fingerprint density at radius 3 is 2.74 bits per heavy atom. The minimum Gasteiger partial charge on any atom is -0.481 e. The van der Waals surface area contributed by atoms with Crippen molar-refractivity contribution in [1.29, 1.82) is 0 Å². The van der Waals surface area contributed by atoms with Crippen molar-refractivity contribution in [3.05, 3.63) is 46.7 Å². The third-order valence-electron chi connectivity index (χ3n) is 3.97.